The van der Waals surface area contributed by atoms with Crippen molar-refractivity contribution in [2.75, 3.05) is 0 Å². The molecule has 0 rings (SSSR count). The Balaban J connectivity index is 0. The van der Waals surface area contributed by atoms with E-state index in [1.807, 2.05) is 6.08 Å². The Bertz CT molecular complexity index is 127. The average Bonchev–Trinajstić information content (AvgIpc) is 2.00. The highest BCUT2D eigenvalue weighted by Crippen LogP contribution is 2.15. The van der Waals surface area contributed by atoms with Crippen LogP contribution in [0.25, 0.3) is 0 Å². The van der Waals surface area contributed by atoms with Crippen LogP contribution in [0.3, 0.4) is 0 Å². The van der Waals surface area contributed by atoms with Crippen LogP contribution in [0, 0.1) is 5.92 Å². The third kappa shape index (κ3) is 7.55. The topological polar surface area (TPSA) is 35.0 Å². The second-order valence-corrected chi connectivity index (χ2v) is 3.27. The molecule has 0 aliphatic heterocycles. The van der Waals surface area contributed by atoms with Gasteiger partial charge in [-0.15, -0.1) is 6.58 Å². The fourth-order valence-corrected chi connectivity index (χ4v) is 1.07. The highest BCUT2D eigenvalue weighted by atomic mass is 14.0. The van der Waals surface area contributed by atoms with Crippen molar-refractivity contribution in [1.29, 1.82) is 0 Å². The van der Waals surface area contributed by atoms with Gasteiger partial charge in [-0.2, -0.15) is 0 Å². The summed E-state index contributed by atoms with van der Waals surface area (Å²) in [5.74, 6) is 0.597. The van der Waals surface area contributed by atoms with Crippen LogP contribution in [-0.2, 0) is 0 Å². The monoisotopic (exact) mass is 169 g/mol. The highest BCUT2D eigenvalue weighted by molar-refractivity contribution is 4.97. The predicted molar refractivity (Wildman–Crippen MR) is 57.7 cm³/mol. The van der Waals surface area contributed by atoms with Crippen molar-refractivity contribution in [2.24, 2.45) is 5.92 Å². The van der Waals surface area contributed by atoms with Gasteiger partial charge in [0.25, 0.3) is 0 Å². The maximum Gasteiger partial charge on any atom is -0.0227 e. The van der Waals surface area contributed by atoms with Crippen molar-refractivity contribution in [3.8, 4) is 0 Å². The molecule has 0 saturated heterocycles. The predicted octanol–water partition coefficient (Wildman–Crippen LogP) is 4.11. The van der Waals surface area contributed by atoms with E-state index in [1.165, 1.54) is 24.8 Å². The first-order valence-electron chi connectivity index (χ1n) is 4.49. The van der Waals surface area contributed by atoms with Crippen LogP contribution < -0.4 is 6.15 Å². The van der Waals surface area contributed by atoms with E-state index >= 15 is 0 Å². The molecule has 0 aliphatic carbocycles. The van der Waals surface area contributed by atoms with Crippen LogP contribution in [0.1, 0.15) is 39.5 Å². The van der Waals surface area contributed by atoms with Gasteiger partial charge in [-0.25, -0.2) is 0 Å². The number of allylic oxidation sites excluding steroid dienone is 2. The molecule has 3 N–H and O–H groups in total. The summed E-state index contributed by atoms with van der Waals surface area (Å²) in [6.45, 7) is 12.2. The third-order valence-electron chi connectivity index (χ3n) is 1.90. The molecular formula is C11H23N. The zero-order valence-electron chi connectivity index (χ0n) is 8.60. The molecule has 72 valence electrons. The summed E-state index contributed by atoms with van der Waals surface area (Å²) >= 11 is 0. The maximum absolute atomic E-state index is 4.03. The Morgan fingerprint density at radius 2 is 2.08 bits per heavy atom. The molecule has 0 aromatic rings. The summed E-state index contributed by atoms with van der Waals surface area (Å²) in [5, 5.41) is 0. The lowest BCUT2D eigenvalue weighted by Crippen LogP contribution is -1.91. The van der Waals surface area contributed by atoms with Crippen molar-refractivity contribution in [3.05, 3.63) is 24.8 Å². The molecule has 1 heteroatoms. The number of rotatable bonds is 6. The van der Waals surface area contributed by atoms with Crippen LogP contribution in [0.5, 0.6) is 0 Å². The van der Waals surface area contributed by atoms with Crippen molar-refractivity contribution in [3.63, 3.8) is 0 Å². The van der Waals surface area contributed by atoms with E-state index in [9.17, 15) is 0 Å². The van der Waals surface area contributed by atoms with Gasteiger partial charge < -0.3 is 6.15 Å². The zero-order valence-corrected chi connectivity index (χ0v) is 8.60. The standard InChI is InChI=1S/C11H20.H3N/c1-5-7-8-11(4)9-10(3)6-2;/h6,10H,2,4-5,7-9H2,1,3H3;1H3/t10-;/m1./s1. The van der Waals surface area contributed by atoms with E-state index in [1.54, 1.807) is 0 Å². The van der Waals surface area contributed by atoms with E-state index in [4.69, 9.17) is 0 Å². The summed E-state index contributed by atoms with van der Waals surface area (Å²) in [6, 6.07) is 0. The summed E-state index contributed by atoms with van der Waals surface area (Å²) in [4.78, 5) is 0. The molecule has 0 aliphatic rings. The zero-order chi connectivity index (χ0) is 8.69. The maximum atomic E-state index is 4.03. The van der Waals surface area contributed by atoms with Crippen LogP contribution in [0.4, 0.5) is 0 Å². The minimum atomic E-state index is 0. The Hall–Kier alpha value is -0.560. The van der Waals surface area contributed by atoms with E-state index < -0.39 is 0 Å². The molecule has 1 atom stereocenters. The lowest BCUT2D eigenvalue weighted by molar-refractivity contribution is 0.670. The van der Waals surface area contributed by atoms with Crippen molar-refractivity contribution < 1.29 is 0 Å². The van der Waals surface area contributed by atoms with Crippen molar-refractivity contribution in [1.82, 2.24) is 6.15 Å². The van der Waals surface area contributed by atoms with Crippen LogP contribution in [-0.4, -0.2) is 0 Å². The van der Waals surface area contributed by atoms with Crippen LogP contribution in [0.15, 0.2) is 24.8 Å². The van der Waals surface area contributed by atoms with E-state index in [0.29, 0.717) is 5.92 Å². The van der Waals surface area contributed by atoms with Gasteiger partial charge in [-0.3, -0.25) is 0 Å². The van der Waals surface area contributed by atoms with Crippen molar-refractivity contribution >= 4 is 0 Å². The molecule has 0 aromatic carbocycles. The molecule has 1 nitrogen and oxygen atoms in total. The summed E-state index contributed by atoms with van der Waals surface area (Å²) in [7, 11) is 0. The number of unbranched alkanes of at least 4 members (excludes halogenated alkanes) is 1. The van der Waals surface area contributed by atoms with Crippen LogP contribution in [0.2, 0.25) is 0 Å². The van der Waals surface area contributed by atoms with E-state index in [2.05, 4.69) is 27.0 Å². The quantitative estimate of drug-likeness (QED) is 0.597. The Morgan fingerprint density at radius 1 is 1.50 bits per heavy atom. The fraction of sp³-hybridized carbons (Fsp3) is 0.636. The van der Waals surface area contributed by atoms with E-state index in [-0.39, 0.29) is 6.15 Å². The lowest BCUT2D eigenvalue weighted by Gasteiger charge is -2.07. The van der Waals surface area contributed by atoms with Gasteiger partial charge in [0.05, 0.1) is 0 Å². The molecule has 0 aromatic heterocycles. The molecule has 12 heavy (non-hydrogen) atoms. The lowest BCUT2D eigenvalue weighted by atomic mass is 9.99. The largest absolute Gasteiger partial charge is 0.344 e. The molecule has 0 bridgehead atoms. The SMILES string of the molecule is C=C[C@@H](C)CC(=C)CCCC.N. The number of hydrogen-bond acceptors (Lipinski definition) is 1. The van der Waals surface area contributed by atoms with Crippen LogP contribution >= 0.6 is 0 Å². The summed E-state index contributed by atoms with van der Waals surface area (Å²) in [6.07, 6.45) is 6.85. The minimum absolute atomic E-state index is 0. The smallest absolute Gasteiger partial charge is 0.0227 e. The van der Waals surface area contributed by atoms with E-state index in [0.717, 1.165) is 6.42 Å². The van der Waals surface area contributed by atoms with Crippen molar-refractivity contribution in [2.45, 2.75) is 39.5 Å². The molecule has 0 spiro atoms. The van der Waals surface area contributed by atoms with Gasteiger partial charge in [-0.05, 0) is 25.2 Å². The molecule has 0 fully saturated rings. The van der Waals surface area contributed by atoms with Gasteiger partial charge in [0, 0.05) is 0 Å². The third-order valence-corrected chi connectivity index (χ3v) is 1.90. The summed E-state index contributed by atoms with van der Waals surface area (Å²) in [5.41, 5.74) is 1.37. The number of hydrogen-bond donors (Lipinski definition) is 1. The van der Waals surface area contributed by atoms with Gasteiger partial charge in [0.2, 0.25) is 0 Å². The molecule has 0 heterocycles. The first-order chi connectivity index (χ1) is 5.20. The Kier molecular flexibility index (Phi) is 9.95. The Morgan fingerprint density at radius 3 is 2.50 bits per heavy atom. The fourth-order valence-electron chi connectivity index (χ4n) is 1.07. The van der Waals surface area contributed by atoms with Gasteiger partial charge in [-0.1, -0.05) is 38.5 Å². The van der Waals surface area contributed by atoms with Gasteiger partial charge in [0.15, 0.2) is 0 Å². The second-order valence-electron chi connectivity index (χ2n) is 3.27. The minimum Gasteiger partial charge on any atom is -0.344 e. The Labute approximate surface area is 77.1 Å². The first-order valence-corrected chi connectivity index (χ1v) is 4.49. The van der Waals surface area contributed by atoms with Gasteiger partial charge >= 0.3 is 0 Å². The molecule has 0 radical (unpaired) electrons. The average molecular weight is 169 g/mol. The molecular weight excluding hydrogens is 146 g/mol. The molecule has 0 unspecified atom stereocenters. The second kappa shape index (κ2) is 8.54. The normalized spacial score (nSPS) is 11.5. The van der Waals surface area contributed by atoms with Gasteiger partial charge in [0.1, 0.15) is 0 Å². The molecule has 0 amide bonds. The highest BCUT2D eigenvalue weighted by Gasteiger charge is 1.98. The summed E-state index contributed by atoms with van der Waals surface area (Å²) < 4.78 is 0. The first kappa shape index (κ1) is 14.0. The molecule has 0 saturated carbocycles.